The van der Waals surface area contributed by atoms with Gasteiger partial charge in [0.25, 0.3) is 16.4 Å². The van der Waals surface area contributed by atoms with Crippen LogP contribution >= 0.6 is 0 Å². The van der Waals surface area contributed by atoms with Crippen molar-refractivity contribution in [2.75, 3.05) is 7.11 Å². The summed E-state index contributed by atoms with van der Waals surface area (Å²) in [4.78, 5) is 0.000715. The fraction of sp³-hybridized carbons (Fsp3) is 0.333. The second kappa shape index (κ2) is 8.41. The van der Waals surface area contributed by atoms with Crippen LogP contribution in [0.15, 0.2) is 59.5 Å². The first-order valence-corrected chi connectivity index (χ1v) is 10.5. The maximum atomic E-state index is 13.9. The molecule has 3 rings (SSSR count). The van der Waals surface area contributed by atoms with Crippen LogP contribution in [0.4, 0.5) is 8.78 Å². The summed E-state index contributed by atoms with van der Waals surface area (Å²) in [6.07, 6.45) is -0.623. The predicted octanol–water partition coefficient (Wildman–Crippen LogP) is 4.60. The number of hydrogen-bond donors (Lipinski definition) is 0. The van der Waals surface area contributed by atoms with Gasteiger partial charge >= 0.3 is 0 Å². The molecule has 7 heteroatoms. The van der Waals surface area contributed by atoms with Gasteiger partial charge in [-0.3, -0.25) is 4.31 Å². The molecule has 1 atom stereocenters. The van der Waals surface area contributed by atoms with Gasteiger partial charge in [0, 0.05) is 12.7 Å². The topological polar surface area (TPSA) is 46.6 Å². The van der Waals surface area contributed by atoms with Gasteiger partial charge in [-0.15, -0.1) is 0 Å². The molecule has 0 aliphatic carbocycles. The van der Waals surface area contributed by atoms with Crippen LogP contribution in [0.5, 0.6) is 0 Å². The number of ether oxygens (including phenoxy) is 1. The Morgan fingerprint density at radius 3 is 2.46 bits per heavy atom. The van der Waals surface area contributed by atoms with Crippen molar-refractivity contribution in [3.63, 3.8) is 0 Å². The van der Waals surface area contributed by atoms with E-state index in [9.17, 15) is 17.2 Å². The summed E-state index contributed by atoms with van der Waals surface area (Å²) in [6, 6.07) is 12.0. The lowest BCUT2D eigenvalue weighted by atomic mass is 9.98. The first-order chi connectivity index (χ1) is 13.4. The molecular weight excluding hydrogens is 384 g/mol. The SMILES string of the molecule is COCc1ccccc1C1=CCCC(C(F)F)N1S(=O)(=O)c1ccc(C)cc1. The van der Waals surface area contributed by atoms with Gasteiger partial charge in [-0.2, -0.15) is 0 Å². The minimum Gasteiger partial charge on any atom is -0.380 e. The van der Waals surface area contributed by atoms with Crippen LogP contribution in [0.1, 0.15) is 29.5 Å². The van der Waals surface area contributed by atoms with Crippen LogP contribution in [-0.2, 0) is 21.4 Å². The molecule has 0 amide bonds. The Morgan fingerprint density at radius 1 is 1.14 bits per heavy atom. The van der Waals surface area contributed by atoms with Crippen LogP contribution in [0.3, 0.4) is 0 Å². The van der Waals surface area contributed by atoms with E-state index in [1.807, 2.05) is 19.1 Å². The molecule has 0 fully saturated rings. The number of rotatable bonds is 6. The van der Waals surface area contributed by atoms with Crippen molar-refractivity contribution in [3.05, 3.63) is 71.3 Å². The number of benzene rings is 2. The lowest BCUT2D eigenvalue weighted by Gasteiger charge is -2.37. The second-order valence-corrected chi connectivity index (χ2v) is 8.59. The lowest BCUT2D eigenvalue weighted by molar-refractivity contribution is 0.0723. The van der Waals surface area contributed by atoms with Crippen molar-refractivity contribution in [1.82, 2.24) is 4.31 Å². The summed E-state index contributed by atoms with van der Waals surface area (Å²) in [5.41, 5.74) is 2.51. The molecular formula is C21H23F2NO3S. The molecule has 0 radical (unpaired) electrons. The minimum atomic E-state index is -4.16. The smallest absolute Gasteiger partial charge is 0.264 e. The molecule has 0 N–H and O–H groups in total. The molecule has 1 unspecified atom stereocenters. The first kappa shape index (κ1) is 20.5. The normalized spacial score (nSPS) is 17.7. The summed E-state index contributed by atoms with van der Waals surface area (Å²) in [5.74, 6) is 0. The summed E-state index contributed by atoms with van der Waals surface area (Å²) in [5, 5.41) is 0. The molecule has 0 bridgehead atoms. The Balaban J connectivity index is 2.16. The zero-order valence-electron chi connectivity index (χ0n) is 15.8. The molecule has 1 heterocycles. The average Bonchev–Trinajstić information content (AvgIpc) is 2.68. The Labute approximate surface area is 164 Å². The maximum Gasteiger partial charge on any atom is 0.264 e. The van der Waals surface area contributed by atoms with Gasteiger partial charge in [0.05, 0.1) is 17.2 Å². The summed E-state index contributed by atoms with van der Waals surface area (Å²) >= 11 is 0. The van der Waals surface area contributed by atoms with E-state index in [-0.39, 0.29) is 23.6 Å². The van der Waals surface area contributed by atoms with Crippen molar-refractivity contribution in [1.29, 1.82) is 0 Å². The van der Waals surface area contributed by atoms with E-state index in [1.165, 1.54) is 19.2 Å². The quantitative estimate of drug-likeness (QED) is 0.703. The number of nitrogens with zero attached hydrogens (tertiary/aromatic N) is 1. The third-order valence-electron chi connectivity index (χ3n) is 4.80. The number of allylic oxidation sites excluding steroid dienone is 1. The van der Waals surface area contributed by atoms with E-state index >= 15 is 0 Å². The van der Waals surface area contributed by atoms with E-state index in [0.717, 1.165) is 15.4 Å². The van der Waals surface area contributed by atoms with Gasteiger partial charge in [-0.25, -0.2) is 17.2 Å². The molecule has 0 spiro atoms. The molecule has 0 saturated carbocycles. The Hall–Kier alpha value is -2.25. The van der Waals surface area contributed by atoms with Crippen LogP contribution < -0.4 is 0 Å². The molecule has 2 aromatic rings. The Morgan fingerprint density at radius 2 is 1.82 bits per heavy atom. The lowest BCUT2D eigenvalue weighted by Crippen LogP contribution is -2.45. The average molecular weight is 407 g/mol. The van der Waals surface area contributed by atoms with Gasteiger partial charge in [-0.05, 0) is 37.5 Å². The monoisotopic (exact) mass is 407 g/mol. The number of methoxy groups -OCH3 is 1. The zero-order valence-corrected chi connectivity index (χ0v) is 16.6. The van der Waals surface area contributed by atoms with Crippen molar-refractivity contribution >= 4 is 15.7 Å². The molecule has 0 saturated heterocycles. The highest BCUT2D eigenvalue weighted by atomic mass is 32.2. The summed E-state index contributed by atoms with van der Waals surface area (Å²) in [7, 11) is -2.62. The highest BCUT2D eigenvalue weighted by molar-refractivity contribution is 7.89. The van der Waals surface area contributed by atoms with Crippen LogP contribution in [0, 0.1) is 6.92 Å². The first-order valence-electron chi connectivity index (χ1n) is 9.03. The summed E-state index contributed by atoms with van der Waals surface area (Å²) < 4.78 is 60.6. The molecule has 28 heavy (non-hydrogen) atoms. The van der Waals surface area contributed by atoms with Gasteiger partial charge in [0.2, 0.25) is 0 Å². The van der Waals surface area contributed by atoms with Crippen LogP contribution in [-0.4, -0.2) is 32.3 Å². The second-order valence-electron chi connectivity index (χ2n) is 6.77. The molecule has 4 nitrogen and oxygen atoms in total. The van der Waals surface area contributed by atoms with Gasteiger partial charge in [0.1, 0.15) is 6.04 Å². The zero-order chi connectivity index (χ0) is 20.3. The van der Waals surface area contributed by atoms with Crippen molar-refractivity contribution in [2.24, 2.45) is 0 Å². The van der Waals surface area contributed by atoms with E-state index in [0.29, 0.717) is 12.0 Å². The fourth-order valence-electron chi connectivity index (χ4n) is 3.42. The van der Waals surface area contributed by atoms with Crippen LogP contribution in [0.2, 0.25) is 0 Å². The number of alkyl halides is 2. The molecule has 0 aromatic heterocycles. The van der Waals surface area contributed by atoms with Gasteiger partial charge in [0.15, 0.2) is 0 Å². The third kappa shape index (κ3) is 3.95. The number of halogens is 2. The molecule has 1 aliphatic rings. The van der Waals surface area contributed by atoms with Gasteiger partial charge < -0.3 is 4.74 Å². The van der Waals surface area contributed by atoms with E-state index in [1.54, 1.807) is 30.3 Å². The number of sulfonamides is 1. The highest BCUT2D eigenvalue weighted by Gasteiger charge is 2.40. The van der Waals surface area contributed by atoms with E-state index in [2.05, 4.69) is 0 Å². The van der Waals surface area contributed by atoms with Crippen molar-refractivity contribution in [3.8, 4) is 0 Å². The Kier molecular flexibility index (Phi) is 6.15. The van der Waals surface area contributed by atoms with Gasteiger partial charge in [-0.1, -0.05) is 48.0 Å². The number of aryl methyl sites for hydroxylation is 1. The van der Waals surface area contributed by atoms with Crippen LogP contribution in [0.25, 0.3) is 5.70 Å². The molecule has 1 aliphatic heterocycles. The van der Waals surface area contributed by atoms with Crippen molar-refractivity contribution < 1.29 is 21.9 Å². The van der Waals surface area contributed by atoms with E-state index < -0.39 is 22.5 Å². The fourth-order valence-corrected chi connectivity index (χ4v) is 5.11. The third-order valence-corrected chi connectivity index (χ3v) is 6.65. The highest BCUT2D eigenvalue weighted by Crippen LogP contribution is 2.38. The minimum absolute atomic E-state index is 0.000715. The predicted molar refractivity (Wildman–Crippen MR) is 104 cm³/mol. The summed E-state index contributed by atoms with van der Waals surface area (Å²) in [6.45, 7) is 2.09. The largest absolute Gasteiger partial charge is 0.380 e. The Bertz CT molecular complexity index is 956. The number of hydrogen-bond acceptors (Lipinski definition) is 3. The molecule has 150 valence electrons. The standard InChI is InChI=1S/C21H23F2NO3S/c1-15-10-12-17(13-11-15)28(25,26)24-19(8-5-9-20(24)21(22)23)18-7-4-3-6-16(18)14-27-2/h3-4,6-8,10-13,20-21H,5,9,14H2,1-2H3. The van der Waals surface area contributed by atoms with Crippen molar-refractivity contribution in [2.45, 2.75) is 43.7 Å². The maximum absolute atomic E-state index is 13.9. The van der Waals surface area contributed by atoms with E-state index in [4.69, 9.17) is 4.74 Å². The molecule has 2 aromatic carbocycles.